The van der Waals surface area contributed by atoms with Gasteiger partial charge in [-0.2, -0.15) is 19.1 Å². The van der Waals surface area contributed by atoms with Crippen molar-refractivity contribution in [3.05, 3.63) is 39.4 Å². The smallest absolute Gasteiger partial charge is 0.378 e. The summed E-state index contributed by atoms with van der Waals surface area (Å²) < 4.78 is 50.8. The Morgan fingerprint density at radius 1 is 1.44 bits per heavy atom. The summed E-state index contributed by atoms with van der Waals surface area (Å²) in [5.74, 6) is 1.50. The van der Waals surface area contributed by atoms with Gasteiger partial charge in [0.05, 0.1) is 4.92 Å². The van der Waals surface area contributed by atoms with E-state index in [1.54, 1.807) is 0 Å². The van der Waals surface area contributed by atoms with Gasteiger partial charge in [0.25, 0.3) is 5.69 Å². The van der Waals surface area contributed by atoms with Crippen LogP contribution >= 0.6 is 7.37 Å². The van der Waals surface area contributed by atoms with Crippen LogP contribution in [0.25, 0.3) is 0 Å². The number of carbonyl (C=O) groups excluding carboxylic acids is 1. The van der Waals surface area contributed by atoms with E-state index in [0.29, 0.717) is 6.07 Å². The minimum Gasteiger partial charge on any atom is -0.378 e. The molecule has 25 heavy (non-hydrogen) atoms. The summed E-state index contributed by atoms with van der Waals surface area (Å²) in [7, 11) is -4.41. The summed E-state index contributed by atoms with van der Waals surface area (Å²) in [5.41, 5.74) is -3.51. The van der Waals surface area contributed by atoms with Crippen LogP contribution in [0.4, 0.5) is 18.9 Å². The molecular formula is C12H14F3N2O7P. The lowest BCUT2D eigenvalue weighted by Crippen LogP contribution is -2.12. The number of hydrogen-bond acceptors (Lipinski definition) is 7. The van der Waals surface area contributed by atoms with E-state index in [0.717, 1.165) is 6.07 Å². The molecule has 0 saturated carbocycles. The Labute approximate surface area is 138 Å². The van der Waals surface area contributed by atoms with Crippen LogP contribution in [0, 0.1) is 10.1 Å². The molecule has 0 aliphatic rings. The second kappa shape index (κ2) is 7.91. The van der Waals surface area contributed by atoms with Gasteiger partial charge in [-0.3, -0.25) is 19.5 Å². The first-order valence-electron chi connectivity index (χ1n) is 6.65. The minimum absolute atomic E-state index is 0.208. The molecule has 2 atom stereocenters. The summed E-state index contributed by atoms with van der Waals surface area (Å²) in [6.45, 7) is 0. The van der Waals surface area contributed by atoms with Crippen molar-refractivity contribution in [2.45, 2.75) is 24.9 Å². The highest BCUT2D eigenvalue weighted by atomic mass is 31.2. The summed E-state index contributed by atoms with van der Waals surface area (Å²) in [4.78, 5) is 33.9. The second-order valence-corrected chi connectivity index (χ2v) is 7.43. The van der Waals surface area contributed by atoms with Crippen molar-refractivity contribution >= 4 is 19.0 Å². The number of carbonyl (C=O) groups is 1. The summed E-state index contributed by atoms with van der Waals surface area (Å²) in [6.07, 6.45) is -6.23. The topological polar surface area (TPSA) is 153 Å². The highest BCUT2D eigenvalue weighted by Gasteiger charge is 2.40. The van der Waals surface area contributed by atoms with E-state index >= 15 is 0 Å². The van der Waals surface area contributed by atoms with Gasteiger partial charge in [0.2, 0.25) is 7.37 Å². The number of nitrogens with zero attached hydrogens (tertiary/aromatic N) is 1. The Bertz CT molecular complexity index is 710. The van der Waals surface area contributed by atoms with Crippen LogP contribution < -0.4 is 5.90 Å². The summed E-state index contributed by atoms with van der Waals surface area (Å²) in [5, 5.41) is 20.6. The summed E-state index contributed by atoms with van der Waals surface area (Å²) in [6, 6.07) is 1.50. The van der Waals surface area contributed by atoms with Crippen LogP contribution in [0.5, 0.6) is 0 Å². The number of nitro benzene ring substituents is 1. The fraction of sp³-hybridized carbons (Fsp3) is 0.417. The lowest BCUT2D eigenvalue weighted by Gasteiger charge is -2.19. The van der Waals surface area contributed by atoms with E-state index in [4.69, 9.17) is 0 Å². The monoisotopic (exact) mass is 386 g/mol. The minimum atomic E-state index is -5.09. The Kier molecular flexibility index (Phi) is 6.66. The molecule has 9 nitrogen and oxygen atoms in total. The molecule has 0 aliphatic heterocycles. The highest BCUT2D eigenvalue weighted by Crippen LogP contribution is 2.55. The molecule has 0 spiro atoms. The summed E-state index contributed by atoms with van der Waals surface area (Å²) >= 11 is 0. The third-order valence-corrected chi connectivity index (χ3v) is 5.21. The van der Waals surface area contributed by atoms with Crippen LogP contribution in [0.15, 0.2) is 18.2 Å². The molecule has 0 fully saturated rings. The zero-order valence-corrected chi connectivity index (χ0v) is 13.4. The number of aliphatic hydroxyl groups is 1. The van der Waals surface area contributed by atoms with Crippen molar-refractivity contribution in [2.24, 2.45) is 5.90 Å². The molecule has 0 aliphatic carbocycles. The number of nitro groups is 1. The van der Waals surface area contributed by atoms with Gasteiger partial charge in [-0.1, -0.05) is 0 Å². The van der Waals surface area contributed by atoms with Crippen LogP contribution in [0.2, 0.25) is 0 Å². The average molecular weight is 386 g/mol. The van der Waals surface area contributed by atoms with Crippen molar-refractivity contribution in [3.8, 4) is 0 Å². The van der Waals surface area contributed by atoms with Crippen molar-refractivity contribution in [3.63, 3.8) is 0 Å². The van der Waals surface area contributed by atoms with Gasteiger partial charge in [-0.15, -0.1) is 0 Å². The number of rotatable bonds is 7. The van der Waals surface area contributed by atoms with Crippen LogP contribution in [-0.2, 0) is 20.4 Å². The largest absolute Gasteiger partial charge is 0.423 e. The maximum absolute atomic E-state index is 12.9. The molecule has 0 bridgehead atoms. The van der Waals surface area contributed by atoms with Crippen LogP contribution in [0.3, 0.4) is 0 Å². The lowest BCUT2D eigenvalue weighted by molar-refractivity contribution is -0.388. The Hall–Kier alpha value is -2.01. The molecule has 0 heterocycles. The number of nitrogens with two attached hydrogens (primary N) is 1. The molecule has 4 N–H and O–H groups in total. The SMILES string of the molecule is NOC(=O)CCCP(=O)(O)[C@H](O)c1ccc([N+](=O)[O-])c(C(F)(F)F)c1. The molecule has 1 aromatic carbocycles. The normalized spacial score (nSPS) is 15.3. The first-order chi connectivity index (χ1) is 11.4. The van der Waals surface area contributed by atoms with Crippen molar-refractivity contribution in [2.75, 3.05) is 6.16 Å². The Morgan fingerprint density at radius 3 is 2.52 bits per heavy atom. The zero-order chi connectivity index (χ0) is 19.4. The first-order valence-corrected chi connectivity index (χ1v) is 8.56. The average Bonchev–Trinajstić information content (AvgIpc) is 2.52. The Balaban J connectivity index is 3.08. The lowest BCUT2D eigenvalue weighted by atomic mass is 10.1. The quantitative estimate of drug-likeness (QED) is 0.366. The third-order valence-electron chi connectivity index (χ3n) is 3.19. The van der Waals surface area contributed by atoms with E-state index in [-0.39, 0.29) is 18.9 Å². The number of alkyl halides is 3. The van der Waals surface area contributed by atoms with Gasteiger partial charge in [-0.25, -0.2) is 0 Å². The first kappa shape index (κ1) is 21.0. The molecule has 0 saturated heterocycles. The van der Waals surface area contributed by atoms with Gasteiger partial charge in [0, 0.05) is 18.6 Å². The van der Waals surface area contributed by atoms with Crippen molar-refractivity contribution in [1.29, 1.82) is 0 Å². The van der Waals surface area contributed by atoms with E-state index in [1.165, 1.54) is 0 Å². The van der Waals surface area contributed by atoms with Gasteiger partial charge in [-0.05, 0) is 24.1 Å². The number of benzene rings is 1. The zero-order valence-electron chi connectivity index (χ0n) is 12.5. The molecule has 1 unspecified atom stereocenters. The van der Waals surface area contributed by atoms with E-state index in [1.807, 2.05) is 0 Å². The van der Waals surface area contributed by atoms with Crippen molar-refractivity contribution < 1.29 is 42.3 Å². The molecule has 0 radical (unpaired) electrons. The predicted octanol–water partition coefficient (Wildman–Crippen LogP) is 2.07. The third kappa shape index (κ3) is 5.49. The number of hydrogen-bond donors (Lipinski definition) is 3. The highest BCUT2D eigenvalue weighted by molar-refractivity contribution is 7.58. The Morgan fingerprint density at radius 2 is 2.04 bits per heavy atom. The molecule has 13 heteroatoms. The van der Waals surface area contributed by atoms with Crippen molar-refractivity contribution in [1.82, 2.24) is 0 Å². The number of aliphatic hydroxyl groups excluding tert-OH is 1. The van der Waals surface area contributed by atoms with Gasteiger partial charge in [0.15, 0.2) is 5.85 Å². The molecule has 0 amide bonds. The maximum Gasteiger partial charge on any atom is 0.423 e. The van der Waals surface area contributed by atoms with Crippen LogP contribution in [0.1, 0.15) is 29.8 Å². The molecule has 140 valence electrons. The van der Waals surface area contributed by atoms with Crippen LogP contribution in [-0.4, -0.2) is 27.1 Å². The predicted molar refractivity (Wildman–Crippen MR) is 77.3 cm³/mol. The van der Waals surface area contributed by atoms with E-state index in [9.17, 15) is 42.6 Å². The fourth-order valence-electron chi connectivity index (χ4n) is 1.96. The van der Waals surface area contributed by atoms with E-state index in [2.05, 4.69) is 10.7 Å². The van der Waals surface area contributed by atoms with Gasteiger partial charge in [0.1, 0.15) is 5.56 Å². The molecule has 0 aromatic heterocycles. The van der Waals surface area contributed by atoms with Gasteiger partial charge < -0.3 is 14.8 Å². The molecule has 1 rings (SSSR count). The standard InChI is InChI=1S/C12H14F3N2O7P/c13-12(14,15)8-6-7(3-4-9(8)17(20)21)11(19)25(22,23)5-1-2-10(18)24-16/h3-4,6,11,19H,1-2,5,16H2,(H,22,23)/t11-/m0/s1. The number of halogens is 3. The second-order valence-electron chi connectivity index (χ2n) is 4.98. The van der Waals surface area contributed by atoms with E-state index < -0.39 is 53.3 Å². The molecule has 1 aromatic rings. The molecular weight excluding hydrogens is 372 g/mol. The maximum atomic E-state index is 12.9. The van der Waals surface area contributed by atoms with Gasteiger partial charge >= 0.3 is 12.1 Å². The fourth-order valence-corrected chi connectivity index (χ4v) is 3.45.